The number of nitrogens with zero attached hydrogens (tertiary/aromatic N) is 3. The summed E-state index contributed by atoms with van der Waals surface area (Å²) in [6.07, 6.45) is -4.51. The number of sulfonamides is 1. The van der Waals surface area contributed by atoms with E-state index in [0.29, 0.717) is 28.0 Å². The molecule has 0 saturated carbocycles. The van der Waals surface area contributed by atoms with Crippen LogP contribution >= 0.6 is 0 Å². The highest BCUT2D eigenvalue weighted by molar-refractivity contribution is 7.89. The number of nitriles is 1. The molecule has 3 aromatic rings. The SMILES string of the molecule is CC(=O)N1CCN(S(=O)(=O)c2cc(C)cc(C)c2Oc2ccc(C#N)cc2)C(C(=O)NCc2ccc(C(F)(F)F)cc2)C1. The second-order valence-electron chi connectivity index (χ2n) is 10.2. The molecule has 13 heteroatoms. The lowest BCUT2D eigenvalue weighted by atomic mass is 10.1. The van der Waals surface area contributed by atoms with Gasteiger partial charge in [0, 0.05) is 33.1 Å². The second kappa shape index (κ2) is 12.4. The van der Waals surface area contributed by atoms with Gasteiger partial charge in [-0.05, 0) is 73.0 Å². The van der Waals surface area contributed by atoms with Crippen LogP contribution in [-0.4, -0.2) is 55.1 Å². The Morgan fingerprint density at radius 2 is 1.70 bits per heavy atom. The lowest BCUT2D eigenvalue weighted by Crippen LogP contribution is -2.61. The molecule has 0 radical (unpaired) electrons. The highest BCUT2D eigenvalue weighted by atomic mass is 32.2. The maximum atomic E-state index is 14.2. The van der Waals surface area contributed by atoms with Gasteiger partial charge in [0.1, 0.15) is 22.4 Å². The van der Waals surface area contributed by atoms with E-state index in [2.05, 4.69) is 5.32 Å². The van der Waals surface area contributed by atoms with E-state index < -0.39 is 33.7 Å². The first-order valence-electron chi connectivity index (χ1n) is 13.2. The Morgan fingerprint density at radius 3 is 2.28 bits per heavy atom. The Labute approximate surface area is 247 Å². The summed E-state index contributed by atoms with van der Waals surface area (Å²) in [6.45, 7) is 4.22. The van der Waals surface area contributed by atoms with Crippen LogP contribution in [0.2, 0.25) is 0 Å². The number of amides is 2. The van der Waals surface area contributed by atoms with Gasteiger partial charge in [-0.3, -0.25) is 9.59 Å². The number of hydrogen-bond donors (Lipinski definition) is 1. The fourth-order valence-corrected chi connectivity index (χ4v) is 6.60. The Balaban J connectivity index is 1.65. The van der Waals surface area contributed by atoms with Gasteiger partial charge in [-0.25, -0.2) is 8.42 Å². The summed E-state index contributed by atoms with van der Waals surface area (Å²) in [6, 6.07) is 14.3. The molecule has 0 bridgehead atoms. The lowest BCUT2D eigenvalue weighted by Gasteiger charge is -2.39. The summed E-state index contributed by atoms with van der Waals surface area (Å²) in [7, 11) is -4.39. The summed E-state index contributed by atoms with van der Waals surface area (Å²) in [5, 5.41) is 11.7. The third-order valence-corrected chi connectivity index (χ3v) is 8.92. The summed E-state index contributed by atoms with van der Waals surface area (Å²) >= 11 is 0. The van der Waals surface area contributed by atoms with E-state index in [1.54, 1.807) is 19.9 Å². The molecule has 9 nitrogen and oxygen atoms in total. The van der Waals surface area contributed by atoms with Gasteiger partial charge >= 0.3 is 6.18 Å². The van der Waals surface area contributed by atoms with Crippen LogP contribution < -0.4 is 10.1 Å². The number of hydrogen-bond acceptors (Lipinski definition) is 6. The quantitative estimate of drug-likeness (QED) is 0.418. The normalized spacial score (nSPS) is 15.9. The van der Waals surface area contributed by atoms with Gasteiger partial charge in [0.05, 0.1) is 17.2 Å². The van der Waals surface area contributed by atoms with Gasteiger partial charge in [0.15, 0.2) is 0 Å². The maximum Gasteiger partial charge on any atom is 0.416 e. The summed E-state index contributed by atoms with van der Waals surface area (Å²) in [5.41, 5.74) is 1.09. The number of nitrogens with one attached hydrogen (secondary N) is 1. The molecule has 1 atom stereocenters. The highest BCUT2D eigenvalue weighted by Gasteiger charge is 2.42. The highest BCUT2D eigenvalue weighted by Crippen LogP contribution is 2.36. The van der Waals surface area contributed by atoms with E-state index >= 15 is 0 Å². The molecule has 1 saturated heterocycles. The number of rotatable bonds is 7. The minimum atomic E-state index is -4.51. The van der Waals surface area contributed by atoms with Gasteiger partial charge < -0.3 is 15.0 Å². The van der Waals surface area contributed by atoms with Gasteiger partial charge in [-0.2, -0.15) is 22.7 Å². The molecule has 1 unspecified atom stereocenters. The number of benzene rings is 3. The molecule has 1 heterocycles. The van der Waals surface area contributed by atoms with Crippen LogP contribution in [0.4, 0.5) is 13.2 Å². The van der Waals surface area contributed by atoms with Crippen molar-refractivity contribution in [3.05, 3.63) is 88.5 Å². The number of alkyl halides is 3. The second-order valence-corrected chi connectivity index (χ2v) is 12.0. The summed E-state index contributed by atoms with van der Waals surface area (Å²) in [4.78, 5) is 26.8. The fraction of sp³-hybridized carbons (Fsp3) is 0.300. The minimum absolute atomic E-state index is 0.0493. The van der Waals surface area contributed by atoms with Crippen molar-refractivity contribution < 1.29 is 35.9 Å². The van der Waals surface area contributed by atoms with Crippen molar-refractivity contribution in [2.45, 2.75) is 44.4 Å². The molecule has 0 spiro atoms. The third kappa shape index (κ3) is 7.15. The number of halogens is 3. The molecule has 1 N–H and O–H groups in total. The van der Waals surface area contributed by atoms with Crippen LogP contribution in [0.3, 0.4) is 0 Å². The summed E-state index contributed by atoms with van der Waals surface area (Å²) in [5.74, 6) is -0.704. The maximum absolute atomic E-state index is 14.2. The van der Waals surface area contributed by atoms with E-state index in [9.17, 15) is 31.2 Å². The monoisotopic (exact) mass is 614 g/mol. The molecule has 226 valence electrons. The van der Waals surface area contributed by atoms with Crippen molar-refractivity contribution in [1.29, 1.82) is 5.26 Å². The first-order valence-corrected chi connectivity index (χ1v) is 14.6. The van der Waals surface area contributed by atoms with E-state index in [0.717, 1.165) is 16.4 Å². The van der Waals surface area contributed by atoms with Crippen molar-refractivity contribution in [2.75, 3.05) is 19.6 Å². The van der Waals surface area contributed by atoms with Crippen LogP contribution in [0.25, 0.3) is 0 Å². The molecule has 43 heavy (non-hydrogen) atoms. The van der Waals surface area contributed by atoms with E-state index in [-0.39, 0.29) is 42.7 Å². The van der Waals surface area contributed by atoms with Crippen molar-refractivity contribution in [2.24, 2.45) is 0 Å². The van der Waals surface area contributed by atoms with Crippen LogP contribution in [0.15, 0.2) is 65.6 Å². The molecule has 0 aliphatic carbocycles. The van der Waals surface area contributed by atoms with Crippen LogP contribution in [-0.2, 0) is 32.3 Å². The largest absolute Gasteiger partial charge is 0.456 e. The van der Waals surface area contributed by atoms with Crippen molar-refractivity contribution >= 4 is 21.8 Å². The summed E-state index contributed by atoms with van der Waals surface area (Å²) < 4.78 is 74.2. The standard InChI is InChI=1S/C30H29F3N4O5S/c1-19-14-20(2)28(42-25-10-6-22(16-34)7-11-25)27(15-19)43(40,41)37-13-12-36(21(3)38)18-26(37)29(39)35-17-23-4-8-24(9-5-23)30(31,32)33/h4-11,14-15,26H,12-13,17-18H2,1-3H3,(H,35,39). The number of carbonyl (C=O) groups is 2. The minimum Gasteiger partial charge on any atom is -0.456 e. The van der Waals surface area contributed by atoms with Gasteiger partial charge in [-0.1, -0.05) is 18.2 Å². The molecule has 1 fully saturated rings. The Hall–Kier alpha value is -4.41. The average Bonchev–Trinajstić information content (AvgIpc) is 2.96. The zero-order chi connectivity index (χ0) is 31.5. The number of piperazine rings is 1. The molecule has 1 aliphatic heterocycles. The first-order chi connectivity index (χ1) is 20.2. The van der Waals surface area contributed by atoms with E-state index in [1.165, 1.54) is 54.3 Å². The van der Waals surface area contributed by atoms with Gasteiger partial charge in [-0.15, -0.1) is 0 Å². The Morgan fingerprint density at radius 1 is 1.05 bits per heavy atom. The van der Waals surface area contributed by atoms with Crippen LogP contribution in [0.5, 0.6) is 11.5 Å². The van der Waals surface area contributed by atoms with E-state index in [1.807, 2.05) is 6.07 Å². The first kappa shape index (κ1) is 31.5. The zero-order valence-electron chi connectivity index (χ0n) is 23.6. The Bertz CT molecular complexity index is 1670. The molecular formula is C30H29F3N4O5S. The molecule has 2 amide bonds. The number of carbonyl (C=O) groups excluding carboxylic acids is 2. The number of ether oxygens (including phenoxy) is 1. The molecule has 1 aliphatic rings. The topological polar surface area (TPSA) is 120 Å². The molecular weight excluding hydrogens is 585 g/mol. The Kier molecular flexibility index (Phi) is 9.12. The molecule has 4 rings (SSSR count). The zero-order valence-corrected chi connectivity index (χ0v) is 24.4. The predicted molar refractivity (Wildman–Crippen MR) is 150 cm³/mol. The molecule has 3 aromatic carbocycles. The van der Waals surface area contributed by atoms with Crippen LogP contribution in [0.1, 0.15) is 34.7 Å². The number of aryl methyl sites for hydroxylation is 2. The predicted octanol–water partition coefficient (Wildman–Crippen LogP) is 4.52. The lowest BCUT2D eigenvalue weighted by molar-refractivity contribution is -0.138. The van der Waals surface area contributed by atoms with E-state index in [4.69, 9.17) is 10.00 Å². The van der Waals surface area contributed by atoms with Crippen molar-refractivity contribution in [3.8, 4) is 17.6 Å². The van der Waals surface area contributed by atoms with Gasteiger partial charge in [0.2, 0.25) is 21.8 Å². The average molecular weight is 615 g/mol. The van der Waals surface area contributed by atoms with Crippen LogP contribution in [0, 0.1) is 25.2 Å². The fourth-order valence-electron chi connectivity index (χ4n) is 4.75. The van der Waals surface area contributed by atoms with Crippen molar-refractivity contribution in [3.63, 3.8) is 0 Å². The van der Waals surface area contributed by atoms with Crippen molar-refractivity contribution in [1.82, 2.24) is 14.5 Å². The third-order valence-electron chi connectivity index (χ3n) is 7.00. The molecule has 0 aromatic heterocycles. The van der Waals surface area contributed by atoms with Gasteiger partial charge in [0.25, 0.3) is 0 Å². The smallest absolute Gasteiger partial charge is 0.416 e.